The van der Waals surface area contributed by atoms with Crippen LogP contribution in [-0.2, 0) is 9.59 Å². The number of carbonyl (C=O) groups is 3. The van der Waals surface area contributed by atoms with E-state index in [1.807, 2.05) is 13.0 Å². The van der Waals surface area contributed by atoms with Crippen LogP contribution in [0.15, 0.2) is 66.1 Å². The first-order valence-electron chi connectivity index (χ1n) is 13.7. The number of urea groups is 1. The maximum Gasteiger partial charge on any atom is 0.318 e. The maximum atomic E-state index is 14.6. The minimum atomic E-state index is -0.741. The third-order valence-corrected chi connectivity index (χ3v) is 7.57. The molecular formula is C30H34ClFN8O3. The van der Waals surface area contributed by atoms with Crippen LogP contribution in [-0.4, -0.2) is 29.9 Å². The summed E-state index contributed by atoms with van der Waals surface area (Å²) in [6, 6.07) is 12.2. The summed E-state index contributed by atoms with van der Waals surface area (Å²) in [6.07, 6.45) is 3.23. The maximum absolute atomic E-state index is 14.6. The van der Waals surface area contributed by atoms with E-state index in [-0.39, 0.29) is 33.9 Å². The number of amides is 4. The van der Waals surface area contributed by atoms with Gasteiger partial charge in [-0.05, 0) is 61.7 Å². The first-order valence-corrected chi connectivity index (χ1v) is 14.0. The Balaban J connectivity index is 1.68. The monoisotopic (exact) mass is 608 g/mol. The second-order valence-electron chi connectivity index (χ2n) is 10.2. The van der Waals surface area contributed by atoms with Crippen molar-refractivity contribution < 1.29 is 18.8 Å². The van der Waals surface area contributed by atoms with E-state index < -0.39 is 23.8 Å². The predicted molar refractivity (Wildman–Crippen MR) is 165 cm³/mol. The molecule has 11 nitrogen and oxygen atoms in total. The Morgan fingerprint density at radius 1 is 1.16 bits per heavy atom. The van der Waals surface area contributed by atoms with Gasteiger partial charge in [0, 0.05) is 30.4 Å². The summed E-state index contributed by atoms with van der Waals surface area (Å²) < 4.78 is 14.6. The number of fused-ring (bicyclic) bond motifs is 4. The number of hydrogen-bond donors (Lipinski definition) is 6. The lowest BCUT2D eigenvalue weighted by Gasteiger charge is -2.24. The Bertz CT molecular complexity index is 1580. The number of aromatic nitrogens is 1. The number of rotatable bonds is 5. The largest absolute Gasteiger partial charge is 0.393 e. The summed E-state index contributed by atoms with van der Waals surface area (Å²) in [7, 11) is 1.51. The zero-order valence-electron chi connectivity index (χ0n) is 24.0. The van der Waals surface area contributed by atoms with Crippen LogP contribution >= 0.6 is 11.6 Å². The molecular weight excluding hydrogens is 575 g/mol. The van der Waals surface area contributed by atoms with Crippen LogP contribution in [0.4, 0.5) is 26.2 Å². The van der Waals surface area contributed by atoms with Gasteiger partial charge in [-0.15, -0.1) is 0 Å². The highest BCUT2D eigenvalue weighted by Crippen LogP contribution is 2.34. The van der Waals surface area contributed by atoms with E-state index in [1.165, 1.54) is 32.2 Å². The topological polar surface area (TPSA) is 168 Å². The summed E-state index contributed by atoms with van der Waals surface area (Å²) in [5.74, 6) is 4.24. The van der Waals surface area contributed by atoms with Crippen LogP contribution in [0.3, 0.4) is 0 Å². The summed E-state index contributed by atoms with van der Waals surface area (Å²) in [5.41, 5.74) is 9.11. The highest BCUT2D eigenvalue weighted by molar-refractivity contribution is 6.31. The van der Waals surface area contributed by atoms with Crippen LogP contribution in [0.1, 0.15) is 44.8 Å². The van der Waals surface area contributed by atoms with Crippen LogP contribution in [0.25, 0.3) is 11.1 Å². The van der Waals surface area contributed by atoms with Crippen molar-refractivity contribution in [2.24, 2.45) is 17.5 Å². The molecule has 0 saturated heterocycles. The summed E-state index contributed by atoms with van der Waals surface area (Å²) in [4.78, 5) is 42.8. The lowest BCUT2D eigenvalue weighted by molar-refractivity contribution is -0.120. The van der Waals surface area contributed by atoms with E-state index >= 15 is 0 Å². The summed E-state index contributed by atoms with van der Waals surface area (Å²) in [5, 5.41) is 12.0. The summed E-state index contributed by atoms with van der Waals surface area (Å²) in [6.45, 7) is 3.33. The zero-order valence-corrected chi connectivity index (χ0v) is 24.8. The highest BCUT2D eigenvalue weighted by Gasteiger charge is 2.24. The predicted octanol–water partition coefficient (Wildman–Crippen LogP) is 4.78. The van der Waals surface area contributed by atoms with Gasteiger partial charge in [0.25, 0.3) is 5.91 Å². The fraction of sp³-hybridized carbons (Fsp3) is 0.267. The third-order valence-electron chi connectivity index (χ3n) is 7.28. The van der Waals surface area contributed by atoms with Gasteiger partial charge >= 0.3 is 6.03 Å². The second-order valence-corrected chi connectivity index (χ2v) is 10.6. The fourth-order valence-electron chi connectivity index (χ4n) is 4.68. The van der Waals surface area contributed by atoms with Gasteiger partial charge in [-0.1, -0.05) is 37.1 Å². The molecule has 43 heavy (non-hydrogen) atoms. The molecule has 2 unspecified atom stereocenters. The number of nitrogens with two attached hydrogens (primary N) is 2. The van der Waals surface area contributed by atoms with Crippen molar-refractivity contribution in [1.82, 2.24) is 15.6 Å². The minimum absolute atomic E-state index is 0.0410. The van der Waals surface area contributed by atoms with E-state index in [9.17, 15) is 18.8 Å². The molecule has 2 bridgehead atoms. The molecule has 4 amide bonds. The molecule has 4 rings (SSSR count). The van der Waals surface area contributed by atoms with Crippen molar-refractivity contribution in [2.45, 2.75) is 39.2 Å². The lowest BCUT2D eigenvalue weighted by atomic mass is 9.95. The van der Waals surface area contributed by atoms with Gasteiger partial charge in [0.15, 0.2) is 5.82 Å². The number of carbonyl (C=O) groups excluding carboxylic acids is 3. The van der Waals surface area contributed by atoms with Crippen LogP contribution in [0, 0.1) is 11.7 Å². The molecule has 0 spiro atoms. The molecule has 1 aliphatic heterocycles. The van der Waals surface area contributed by atoms with E-state index in [0.717, 1.165) is 10.6 Å². The van der Waals surface area contributed by atoms with Gasteiger partial charge in [0.05, 0.1) is 33.8 Å². The number of nitrogens with zero attached hydrogens (tertiary/aromatic N) is 2. The zero-order chi connectivity index (χ0) is 31.3. The molecule has 2 atom stereocenters. The van der Waals surface area contributed by atoms with Gasteiger partial charge < -0.3 is 27.0 Å². The molecule has 0 aliphatic carbocycles. The standard InChI is InChI=1S/C30H34ClFN8O3/c1-16-6-4-8-22(38-29(42)27(33)17(2)40(34)25-9-5-7-21(31)26(25)32)24-14-18(12-13-36-24)20-11-10-19(37-30(43)35-3)15-23(20)39-28(16)41/h5,7,9-16,22H,4,6,8,33-34H2,1-3H3,(H,38,42)(H,39,41)(H2,35,37,43)/b27-17-. The van der Waals surface area contributed by atoms with Crippen molar-refractivity contribution >= 4 is 46.5 Å². The number of halogens is 2. The van der Waals surface area contributed by atoms with Crippen LogP contribution < -0.4 is 37.9 Å². The molecule has 3 aromatic rings. The van der Waals surface area contributed by atoms with E-state index in [2.05, 4.69) is 26.3 Å². The first-order chi connectivity index (χ1) is 20.5. The molecule has 1 aliphatic rings. The van der Waals surface area contributed by atoms with E-state index in [1.54, 1.807) is 30.5 Å². The summed E-state index contributed by atoms with van der Waals surface area (Å²) >= 11 is 5.89. The Morgan fingerprint density at radius 2 is 1.93 bits per heavy atom. The number of pyridine rings is 1. The average molecular weight is 609 g/mol. The number of hydrogen-bond acceptors (Lipinski definition) is 7. The molecule has 1 aromatic heterocycles. The molecule has 0 fully saturated rings. The van der Waals surface area contributed by atoms with Gasteiger partial charge in [0.2, 0.25) is 5.91 Å². The van der Waals surface area contributed by atoms with Crippen molar-refractivity contribution in [3.8, 4) is 11.1 Å². The Hall–Kier alpha value is -4.68. The molecule has 0 radical (unpaired) electrons. The molecule has 226 valence electrons. The number of hydrazine groups is 1. The van der Waals surface area contributed by atoms with E-state index in [0.29, 0.717) is 41.9 Å². The SMILES string of the molecule is CNC(=O)Nc1ccc2c(c1)NC(=O)C(C)CCCC(NC(=O)/C(N)=C(\C)N(N)c1cccc(Cl)c1F)c1cc-2ccn1. The van der Waals surface area contributed by atoms with Gasteiger partial charge in [-0.3, -0.25) is 19.6 Å². The van der Waals surface area contributed by atoms with Gasteiger partial charge in [0.1, 0.15) is 5.70 Å². The minimum Gasteiger partial charge on any atom is -0.393 e. The third kappa shape index (κ3) is 7.22. The van der Waals surface area contributed by atoms with Crippen LogP contribution in [0.5, 0.6) is 0 Å². The lowest BCUT2D eigenvalue weighted by Crippen LogP contribution is -2.38. The quantitative estimate of drug-likeness (QED) is 0.138. The fourth-order valence-corrected chi connectivity index (χ4v) is 4.85. The molecule has 13 heteroatoms. The van der Waals surface area contributed by atoms with Crippen molar-refractivity contribution in [1.29, 1.82) is 0 Å². The number of allylic oxidation sites excluding steroid dienone is 1. The molecule has 0 saturated carbocycles. The van der Waals surface area contributed by atoms with Crippen molar-refractivity contribution in [2.75, 3.05) is 22.7 Å². The first kappa shape index (κ1) is 31.3. The molecule has 8 N–H and O–H groups in total. The normalized spacial score (nSPS) is 17.2. The number of nitrogens with one attached hydrogen (secondary N) is 4. The van der Waals surface area contributed by atoms with Crippen molar-refractivity contribution in [3.63, 3.8) is 0 Å². The molecule has 2 aromatic carbocycles. The number of anilines is 3. The van der Waals surface area contributed by atoms with Gasteiger partial charge in [-0.2, -0.15) is 0 Å². The smallest absolute Gasteiger partial charge is 0.318 e. The Kier molecular flexibility index (Phi) is 9.84. The second kappa shape index (κ2) is 13.5. The van der Waals surface area contributed by atoms with E-state index in [4.69, 9.17) is 23.2 Å². The number of benzene rings is 2. The molecule has 2 heterocycles. The Morgan fingerprint density at radius 3 is 2.67 bits per heavy atom. The van der Waals surface area contributed by atoms with Crippen molar-refractivity contribution in [3.05, 3.63) is 82.7 Å². The Labute approximate surface area is 253 Å². The van der Waals surface area contributed by atoms with Crippen LogP contribution in [0.2, 0.25) is 5.02 Å². The highest BCUT2D eigenvalue weighted by atomic mass is 35.5. The average Bonchev–Trinajstić information content (AvgIpc) is 3.00. The van der Waals surface area contributed by atoms with Gasteiger partial charge in [-0.25, -0.2) is 15.0 Å².